The standard InChI is InChI=1S/C16H22F3N3O3/c1-11-5-3-6-13(12(11)2)20-15(25)21-14(24)9-22(7-4-8-23)10-16(17,18)19/h3,5-6,23H,4,7-10H2,1-2H3,(H2,20,21,24,25). The first-order chi connectivity index (χ1) is 11.6. The smallest absolute Gasteiger partial charge is 0.396 e. The van der Waals surface area contributed by atoms with Crippen molar-refractivity contribution in [2.75, 3.05) is 31.6 Å². The Hall–Kier alpha value is -2.13. The third kappa shape index (κ3) is 7.99. The highest BCUT2D eigenvalue weighted by atomic mass is 19.4. The van der Waals surface area contributed by atoms with Crippen LogP contribution in [0.5, 0.6) is 0 Å². The van der Waals surface area contributed by atoms with Crippen molar-refractivity contribution in [1.82, 2.24) is 10.2 Å². The molecule has 0 aromatic heterocycles. The number of rotatable bonds is 7. The summed E-state index contributed by atoms with van der Waals surface area (Å²) in [6, 6.07) is 4.44. The average Bonchev–Trinajstić information content (AvgIpc) is 2.47. The van der Waals surface area contributed by atoms with E-state index in [4.69, 9.17) is 5.11 Å². The monoisotopic (exact) mass is 361 g/mol. The van der Waals surface area contributed by atoms with E-state index in [1.54, 1.807) is 19.1 Å². The van der Waals surface area contributed by atoms with Gasteiger partial charge in [0.2, 0.25) is 5.91 Å². The van der Waals surface area contributed by atoms with Gasteiger partial charge in [0.25, 0.3) is 0 Å². The average molecular weight is 361 g/mol. The maximum atomic E-state index is 12.5. The maximum Gasteiger partial charge on any atom is 0.401 e. The zero-order valence-corrected chi connectivity index (χ0v) is 14.1. The molecule has 0 aliphatic carbocycles. The third-order valence-corrected chi connectivity index (χ3v) is 3.51. The number of carbonyl (C=O) groups is 2. The number of halogens is 3. The normalized spacial score (nSPS) is 11.5. The predicted octanol–water partition coefficient (Wildman–Crippen LogP) is 2.20. The lowest BCUT2D eigenvalue weighted by atomic mass is 10.1. The lowest BCUT2D eigenvalue weighted by Gasteiger charge is -2.22. The van der Waals surface area contributed by atoms with Gasteiger partial charge in [0.15, 0.2) is 0 Å². The molecule has 0 saturated heterocycles. The summed E-state index contributed by atoms with van der Waals surface area (Å²) >= 11 is 0. The van der Waals surface area contributed by atoms with Crippen LogP contribution in [0.3, 0.4) is 0 Å². The van der Waals surface area contributed by atoms with Crippen molar-refractivity contribution in [1.29, 1.82) is 0 Å². The summed E-state index contributed by atoms with van der Waals surface area (Å²) in [6.07, 6.45) is -4.38. The zero-order chi connectivity index (χ0) is 19.0. The second kappa shape index (κ2) is 9.38. The molecule has 9 heteroatoms. The van der Waals surface area contributed by atoms with Gasteiger partial charge < -0.3 is 10.4 Å². The third-order valence-electron chi connectivity index (χ3n) is 3.51. The van der Waals surface area contributed by atoms with Crippen LogP contribution in [0.2, 0.25) is 0 Å². The van der Waals surface area contributed by atoms with Gasteiger partial charge >= 0.3 is 12.2 Å². The van der Waals surface area contributed by atoms with Crippen LogP contribution in [-0.4, -0.2) is 54.4 Å². The van der Waals surface area contributed by atoms with E-state index in [9.17, 15) is 22.8 Å². The van der Waals surface area contributed by atoms with Gasteiger partial charge in [-0.1, -0.05) is 12.1 Å². The Bertz CT molecular complexity index is 606. The van der Waals surface area contributed by atoms with Gasteiger partial charge in [0.1, 0.15) is 0 Å². The Labute approximate surface area is 144 Å². The largest absolute Gasteiger partial charge is 0.401 e. The van der Waals surface area contributed by atoms with Gasteiger partial charge in [-0.2, -0.15) is 13.2 Å². The van der Waals surface area contributed by atoms with Crippen LogP contribution in [0.25, 0.3) is 0 Å². The fourth-order valence-electron chi connectivity index (χ4n) is 2.17. The summed E-state index contributed by atoms with van der Waals surface area (Å²) in [4.78, 5) is 24.5. The molecule has 0 fully saturated rings. The fraction of sp³-hybridized carbons (Fsp3) is 0.500. The molecule has 1 rings (SSSR count). The number of alkyl halides is 3. The van der Waals surface area contributed by atoms with Crippen molar-refractivity contribution in [3.63, 3.8) is 0 Å². The Morgan fingerprint density at radius 3 is 2.52 bits per heavy atom. The van der Waals surface area contributed by atoms with E-state index in [1.165, 1.54) is 0 Å². The minimum absolute atomic E-state index is 0.0953. The van der Waals surface area contributed by atoms with Crippen LogP contribution in [0.15, 0.2) is 18.2 Å². The van der Waals surface area contributed by atoms with Crippen LogP contribution in [0, 0.1) is 13.8 Å². The lowest BCUT2D eigenvalue weighted by Crippen LogP contribution is -2.45. The highest BCUT2D eigenvalue weighted by molar-refractivity contribution is 6.02. The Kier molecular flexibility index (Phi) is 7.85. The second-order valence-corrected chi connectivity index (χ2v) is 5.65. The fourth-order valence-corrected chi connectivity index (χ4v) is 2.17. The molecule has 0 bridgehead atoms. The molecule has 0 heterocycles. The van der Waals surface area contributed by atoms with E-state index in [2.05, 4.69) is 5.32 Å². The van der Waals surface area contributed by atoms with Gasteiger partial charge in [-0.25, -0.2) is 4.79 Å². The molecule has 0 spiro atoms. The molecule has 1 aromatic rings. The topological polar surface area (TPSA) is 81.7 Å². The first-order valence-corrected chi connectivity index (χ1v) is 7.69. The first-order valence-electron chi connectivity index (χ1n) is 7.69. The van der Waals surface area contributed by atoms with E-state index >= 15 is 0 Å². The van der Waals surface area contributed by atoms with E-state index < -0.39 is 31.2 Å². The van der Waals surface area contributed by atoms with E-state index in [0.29, 0.717) is 5.69 Å². The van der Waals surface area contributed by atoms with Crippen LogP contribution in [-0.2, 0) is 4.79 Å². The summed E-state index contributed by atoms with van der Waals surface area (Å²) < 4.78 is 37.5. The molecule has 0 atom stereocenters. The van der Waals surface area contributed by atoms with Gasteiger partial charge in [0.05, 0.1) is 13.1 Å². The molecule has 6 nitrogen and oxygen atoms in total. The summed E-state index contributed by atoms with van der Waals surface area (Å²) in [7, 11) is 0. The summed E-state index contributed by atoms with van der Waals surface area (Å²) in [5.74, 6) is -0.856. The minimum atomic E-state index is -4.48. The number of nitrogens with zero attached hydrogens (tertiary/aromatic N) is 1. The number of hydrogen-bond donors (Lipinski definition) is 3. The van der Waals surface area contributed by atoms with Crippen molar-refractivity contribution in [2.45, 2.75) is 26.4 Å². The molecule has 0 unspecified atom stereocenters. The Morgan fingerprint density at radius 2 is 1.92 bits per heavy atom. The van der Waals surface area contributed by atoms with Gasteiger partial charge in [0, 0.05) is 18.8 Å². The zero-order valence-electron chi connectivity index (χ0n) is 14.1. The van der Waals surface area contributed by atoms with Crippen molar-refractivity contribution in [3.05, 3.63) is 29.3 Å². The number of hydrogen-bond acceptors (Lipinski definition) is 4. The van der Waals surface area contributed by atoms with Gasteiger partial charge in [-0.15, -0.1) is 0 Å². The predicted molar refractivity (Wildman–Crippen MR) is 87.3 cm³/mol. The number of amides is 3. The number of aryl methyl sites for hydroxylation is 1. The van der Waals surface area contributed by atoms with Crippen molar-refractivity contribution in [3.8, 4) is 0 Å². The molecule has 3 amide bonds. The quantitative estimate of drug-likeness (QED) is 0.695. The van der Waals surface area contributed by atoms with Crippen LogP contribution in [0.4, 0.5) is 23.7 Å². The van der Waals surface area contributed by atoms with Crippen LogP contribution in [0.1, 0.15) is 17.5 Å². The Balaban J connectivity index is 2.60. The van der Waals surface area contributed by atoms with Crippen molar-refractivity contribution < 1.29 is 27.9 Å². The Morgan fingerprint density at radius 1 is 1.24 bits per heavy atom. The van der Waals surface area contributed by atoms with Crippen molar-refractivity contribution >= 4 is 17.6 Å². The number of carbonyl (C=O) groups excluding carboxylic acids is 2. The lowest BCUT2D eigenvalue weighted by molar-refractivity contribution is -0.148. The van der Waals surface area contributed by atoms with E-state index in [0.717, 1.165) is 16.0 Å². The van der Waals surface area contributed by atoms with Crippen molar-refractivity contribution in [2.24, 2.45) is 0 Å². The first kappa shape index (κ1) is 20.9. The molecular weight excluding hydrogens is 339 g/mol. The molecule has 0 saturated carbocycles. The second-order valence-electron chi connectivity index (χ2n) is 5.65. The van der Waals surface area contributed by atoms with E-state index in [1.807, 2.05) is 18.3 Å². The molecule has 0 aliphatic rings. The number of aliphatic hydroxyl groups is 1. The minimum Gasteiger partial charge on any atom is -0.396 e. The molecule has 0 radical (unpaired) electrons. The number of anilines is 1. The maximum absolute atomic E-state index is 12.5. The number of benzene rings is 1. The number of urea groups is 1. The van der Waals surface area contributed by atoms with Gasteiger partial charge in [-0.05, 0) is 37.5 Å². The van der Waals surface area contributed by atoms with Gasteiger partial charge in [-0.3, -0.25) is 15.0 Å². The molecule has 1 aromatic carbocycles. The number of imide groups is 1. The summed E-state index contributed by atoms with van der Waals surface area (Å²) in [5, 5.41) is 13.2. The van der Waals surface area contributed by atoms with Crippen LogP contribution < -0.4 is 10.6 Å². The summed E-state index contributed by atoms with van der Waals surface area (Å²) in [6.45, 7) is 1.37. The molecule has 3 N–H and O–H groups in total. The molecule has 0 aliphatic heterocycles. The highest BCUT2D eigenvalue weighted by Gasteiger charge is 2.31. The van der Waals surface area contributed by atoms with E-state index in [-0.39, 0.29) is 19.6 Å². The highest BCUT2D eigenvalue weighted by Crippen LogP contribution is 2.18. The number of nitrogens with one attached hydrogen (secondary N) is 2. The molecular formula is C16H22F3N3O3. The van der Waals surface area contributed by atoms with Crippen LogP contribution >= 0.6 is 0 Å². The number of aliphatic hydroxyl groups excluding tert-OH is 1. The molecule has 25 heavy (non-hydrogen) atoms. The summed E-state index contributed by atoms with van der Waals surface area (Å²) in [5.41, 5.74) is 2.29. The SMILES string of the molecule is Cc1cccc(NC(=O)NC(=O)CN(CCCO)CC(F)(F)F)c1C. The molecule has 140 valence electrons.